The Hall–Kier alpha value is -1.58. The Labute approximate surface area is 132 Å². The SMILES string of the molecule is c1ccc2c(c1)CC(N1CCCC(NCc3ccoc3)C1)C2. The first-order valence-corrected chi connectivity index (χ1v) is 8.44. The van der Waals surface area contributed by atoms with E-state index in [1.54, 1.807) is 17.4 Å². The quantitative estimate of drug-likeness (QED) is 0.940. The molecule has 22 heavy (non-hydrogen) atoms. The number of piperidine rings is 1. The van der Waals surface area contributed by atoms with Crippen molar-refractivity contribution in [2.75, 3.05) is 13.1 Å². The fourth-order valence-electron chi connectivity index (χ4n) is 3.95. The summed E-state index contributed by atoms with van der Waals surface area (Å²) in [5, 5.41) is 3.70. The van der Waals surface area contributed by atoms with Gasteiger partial charge in [0.25, 0.3) is 0 Å². The van der Waals surface area contributed by atoms with E-state index in [0.717, 1.165) is 6.54 Å². The predicted octanol–water partition coefficient (Wildman–Crippen LogP) is 3.00. The number of hydrogen-bond donors (Lipinski definition) is 1. The highest BCUT2D eigenvalue weighted by Crippen LogP contribution is 2.27. The summed E-state index contributed by atoms with van der Waals surface area (Å²) in [7, 11) is 0. The third-order valence-corrected chi connectivity index (χ3v) is 5.17. The minimum atomic E-state index is 0.604. The Balaban J connectivity index is 1.34. The molecule has 116 valence electrons. The highest BCUT2D eigenvalue weighted by atomic mass is 16.3. The van der Waals surface area contributed by atoms with Crippen LogP contribution in [0.1, 0.15) is 29.5 Å². The van der Waals surface area contributed by atoms with Gasteiger partial charge in [-0.05, 0) is 49.4 Å². The number of fused-ring (bicyclic) bond motifs is 1. The van der Waals surface area contributed by atoms with E-state index in [0.29, 0.717) is 12.1 Å². The van der Waals surface area contributed by atoms with E-state index in [4.69, 9.17) is 4.42 Å². The van der Waals surface area contributed by atoms with Crippen molar-refractivity contribution in [1.82, 2.24) is 10.2 Å². The van der Waals surface area contributed by atoms with Crippen LogP contribution in [0.4, 0.5) is 0 Å². The lowest BCUT2D eigenvalue weighted by molar-refractivity contribution is 0.140. The van der Waals surface area contributed by atoms with Crippen LogP contribution in [0, 0.1) is 0 Å². The second-order valence-electron chi connectivity index (χ2n) is 6.68. The number of likely N-dealkylation sites (tertiary alicyclic amines) is 1. The third kappa shape index (κ3) is 2.96. The second-order valence-corrected chi connectivity index (χ2v) is 6.68. The van der Waals surface area contributed by atoms with Gasteiger partial charge in [-0.3, -0.25) is 4.90 Å². The molecule has 1 aromatic carbocycles. The van der Waals surface area contributed by atoms with Gasteiger partial charge in [-0.15, -0.1) is 0 Å². The normalized spacial score (nSPS) is 22.8. The molecule has 0 radical (unpaired) electrons. The lowest BCUT2D eigenvalue weighted by atomic mass is 10.0. The zero-order valence-electron chi connectivity index (χ0n) is 13.0. The van der Waals surface area contributed by atoms with Crippen LogP contribution < -0.4 is 5.32 Å². The summed E-state index contributed by atoms with van der Waals surface area (Å²) in [4.78, 5) is 2.70. The zero-order chi connectivity index (χ0) is 14.8. The summed E-state index contributed by atoms with van der Waals surface area (Å²) in [6, 6.07) is 12.3. The number of nitrogens with one attached hydrogen (secondary N) is 1. The molecule has 1 N–H and O–H groups in total. The average molecular weight is 296 g/mol. The van der Waals surface area contributed by atoms with Gasteiger partial charge in [0.1, 0.15) is 0 Å². The standard InChI is InChI=1S/C19H24N2O/c1-2-5-17-11-19(10-16(17)4-1)21-8-3-6-18(13-21)20-12-15-7-9-22-14-15/h1-2,4-5,7,9,14,18-20H,3,6,8,10-13H2. The Bertz CT molecular complexity index is 583. The van der Waals surface area contributed by atoms with Crippen LogP contribution in [0.2, 0.25) is 0 Å². The van der Waals surface area contributed by atoms with E-state index in [-0.39, 0.29) is 0 Å². The molecule has 2 heterocycles. The summed E-state index contributed by atoms with van der Waals surface area (Å²) in [6.07, 6.45) is 8.63. The van der Waals surface area contributed by atoms with Gasteiger partial charge in [-0.2, -0.15) is 0 Å². The molecule has 1 aliphatic heterocycles. The number of hydrogen-bond acceptors (Lipinski definition) is 3. The molecular formula is C19H24N2O. The fraction of sp³-hybridized carbons (Fsp3) is 0.474. The maximum Gasteiger partial charge on any atom is 0.0947 e. The van der Waals surface area contributed by atoms with E-state index >= 15 is 0 Å². The van der Waals surface area contributed by atoms with Gasteiger partial charge >= 0.3 is 0 Å². The molecule has 2 aliphatic rings. The lowest BCUT2D eigenvalue weighted by Gasteiger charge is -2.37. The fourth-order valence-corrected chi connectivity index (χ4v) is 3.95. The van der Waals surface area contributed by atoms with E-state index in [1.807, 2.05) is 12.3 Å². The van der Waals surface area contributed by atoms with Crippen molar-refractivity contribution in [3.63, 3.8) is 0 Å². The second kappa shape index (κ2) is 6.27. The van der Waals surface area contributed by atoms with Crippen LogP contribution >= 0.6 is 0 Å². The Morgan fingerprint density at radius 2 is 1.95 bits per heavy atom. The highest BCUT2D eigenvalue weighted by molar-refractivity contribution is 5.33. The molecular weight excluding hydrogens is 272 g/mol. The molecule has 1 fully saturated rings. The molecule has 1 aromatic heterocycles. The van der Waals surface area contributed by atoms with Crippen LogP contribution in [0.3, 0.4) is 0 Å². The van der Waals surface area contributed by atoms with E-state index in [2.05, 4.69) is 34.5 Å². The molecule has 0 bridgehead atoms. The first-order chi connectivity index (χ1) is 10.9. The molecule has 2 aromatic rings. The maximum atomic E-state index is 5.14. The first kappa shape index (κ1) is 14.0. The monoisotopic (exact) mass is 296 g/mol. The number of benzene rings is 1. The van der Waals surface area contributed by atoms with E-state index in [1.165, 1.54) is 44.3 Å². The van der Waals surface area contributed by atoms with Gasteiger partial charge in [0, 0.05) is 30.7 Å². The molecule has 1 atom stereocenters. The average Bonchev–Trinajstić information content (AvgIpc) is 3.22. The topological polar surface area (TPSA) is 28.4 Å². The molecule has 3 heteroatoms. The van der Waals surface area contributed by atoms with E-state index in [9.17, 15) is 0 Å². The minimum Gasteiger partial charge on any atom is -0.472 e. The summed E-state index contributed by atoms with van der Waals surface area (Å²) in [6.45, 7) is 3.35. The Kier molecular flexibility index (Phi) is 4.00. The van der Waals surface area contributed by atoms with Crippen molar-refractivity contribution in [1.29, 1.82) is 0 Å². The summed E-state index contributed by atoms with van der Waals surface area (Å²) >= 11 is 0. The van der Waals surface area contributed by atoms with Crippen molar-refractivity contribution in [2.24, 2.45) is 0 Å². The first-order valence-electron chi connectivity index (χ1n) is 8.44. The molecule has 0 saturated carbocycles. The van der Waals surface area contributed by atoms with Crippen molar-refractivity contribution >= 4 is 0 Å². The highest BCUT2D eigenvalue weighted by Gasteiger charge is 2.30. The number of rotatable bonds is 4. The van der Waals surface area contributed by atoms with Crippen LogP contribution in [-0.4, -0.2) is 30.1 Å². The molecule has 4 rings (SSSR count). The van der Waals surface area contributed by atoms with Crippen molar-refractivity contribution in [2.45, 2.75) is 44.3 Å². The third-order valence-electron chi connectivity index (χ3n) is 5.17. The van der Waals surface area contributed by atoms with Gasteiger partial charge in [0.2, 0.25) is 0 Å². The molecule has 3 nitrogen and oxygen atoms in total. The molecule has 1 unspecified atom stereocenters. The van der Waals surface area contributed by atoms with Gasteiger partial charge < -0.3 is 9.73 Å². The minimum absolute atomic E-state index is 0.604. The summed E-state index contributed by atoms with van der Waals surface area (Å²) in [5.74, 6) is 0. The van der Waals surface area contributed by atoms with Gasteiger partial charge in [0.05, 0.1) is 12.5 Å². The number of furan rings is 1. The zero-order valence-corrected chi connectivity index (χ0v) is 13.0. The molecule has 1 saturated heterocycles. The van der Waals surface area contributed by atoms with Crippen LogP contribution in [0.25, 0.3) is 0 Å². The molecule has 1 aliphatic carbocycles. The number of nitrogens with zero attached hydrogens (tertiary/aromatic N) is 1. The summed E-state index contributed by atoms with van der Waals surface area (Å²) in [5.41, 5.74) is 4.35. The largest absolute Gasteiger partial charge is 0.472 e. The Morgan fingerprint density at radius 1 is 1.14 bits per heavy atom. The maximum absolute atomic E-state index is 5.14. The molecule has 0 spiro atoms. The van der Waals surface area contributed by atoms with Crippen LogP contribution in [0.5, 0.6) is 0 Å². The van der Waals surface area contributed by atoms with Crippen LogP contribution in [-0.2, 0) is 19.4 Å². The van der Waals surface area contributed by atoms with Crippen molar-refractivity contribution in [3.05, 3.63) is 59.5 Å². The van der Waals surface area contributed by atoms with Gasteiger partial charge in [0.15, 0.2) is 0 Å². The summed E-state index contributed by atoms with van der Waals surface area (Å²) < 4.78 is 5.14. The van der Waals surface area contributed by atoms with Crippen LogP contribution in [0.15, 0.2) is 47.3 Å². The van der Waals surface area contributed by atoms with Crippen molar-refractivity contribution in [3.8, 4) is 0 Å². The van der Waals surface area contributed by atoms with E-state index < -0.39 is 0 Å². The smallest absolute Gasteiger partial charge is 0.0947 e. The molecule has 0 amide bonds. The lowest BCUT2D eigenvalue weighted by Crippen LogP contribution is -2.49. The van der Waals surface area contributed by atoms with Gasteiger partial charge in [-0.25, -0.2) is 0 Å². The predicted molar refractivity (Wildman–Crippen MR) is 87.8 cm³/mol. The van der Waals surface area contributed by atoms with Gasteiger partial charge in [-0.1, -0.05) is 24.3 Å². The Morgan fingerprint density at radius 3 is 2.68 bits per heavy atom. The van der Waals surface area contributed by atoms with Crippen molar-refractivity contribution < 1.29 is 4.42 Å².